The standard InChI is InChI=1S/C28H33ClFN5O3/c1-6-21(36)33-13-14-34-17(15-33)16-38-25-22(27(34)37)26(35-12-11-20(32(4)5)28(35,2)3)31-24(23(25)29)18-9-7-8-10-19(18)30/h6-10,17,20H,1,11-16H2,2-5H3/t17-,20-/m1/s1. The molecule has 2 amide bonds. The number of hydrogen-bond donors (Lipinski definition) is 0. The Balaban J connectivity index is 1.68. The number of halogens is 2. The van der Waals surface area contributed by atoms with Crippen LogP contribution in [0.4, 0.5) is 10.2 Å². The van der Waals surface area contributed by atoms with Gasteiger partial charge in [0.15, 0.2) is 5.75 Å². The van der Waals surface area contributed by atoms with E-state index in [4.69, 9.17) is 21.3 Å². The number of anilines is 1. The SMILES string of the molecule is C=CC(=O)N1CCN2C(=O)c3c(N4CC[C@@H](N(C)C)C4(C)C)nc(-c4ccccc4F)c(Cl)c3OC[C@H]2C1. The molecular weight excluding hydrogens is 509 g/mol. The number of hydrogen-bond acceptors (Lipinski definition) is 6. The molecule has 0 unspecified atom stereocenters. The minimum absolute atomic E-state index is 0.0993. The molecule has 0 saturated carbocycles. The highest BCUT2D eigenvalue weighted by atomic mass is 35.5. The van der Waals surface area contributed by atoms with Gasteiger partial charge in [-0.15, -0.1) is 0 Å². The number of rotatable bonds is 4. The molecular formula is C28H33ClFN5O3. The summed E-state index contributed by atoms with van der Waals surface area (Å²) < 4.78 is 21.3. The first kappa shape index (κ1) is 26.4. The van der Waals surface area contributed by atoms with E-state index in [0.717, 1.165) is 6.42 Å². The Morgan fingerprint density at radius 3 is 2.66 bits per heavy atom. The number of likely N-dealkylation sites (N-methyl/N-ethyl adjacent to an activating group) is 1. The normalized spacial score (nSPS) is 22.6. The molecule has 2 atom stereocenters. The fourth-order valence-corrected chi connectivity index (χ4v) is 6.44. The van der Waals surface area contributed by atoms with Crippen LogP contribution in [0.2, 0.25) is 5.02 Å². The van der Waals surface area contributed by atoms with Crippen LogP contribution in [0, 0.1) is 5.82 Å². The van der Waals surface area contributed by atoms with Gasteiger partial charge in [0, 0.05) is 37.8 Å². The third-order valence-electron chi connectivity index (χ3n) is 8.08. The molecule has 1 aromatic carbocycles. The topological polar surface area (TPSA) is 69.2 Å². The van der Waals surface area contributed by atoms with Crippen LogP contribution in [0.15, 0.2) is 36.9 Å². The van der Waals surface area contributed by atoms with Crippen molar-refractivity contribution in [2.75, 3.05) is 51.8 Å². The number of pyridine rings is 1. The number of benzene rings is 1. The molecule has 0 aliphatic carbocycles. The summed E-state index contributed by atoms with van der Waals surface area (Å²) in [6, 6.07) is 6.15. The summed E-state index contributed by atoms with van der Waals surface area (Å²) in [5.41, 5.74) is 0.377. The molecule has 5 rings (SSSR count). The Morgan fingerprint density at radius 2 is 2.00 bits per heavy atom. The number of amides is 2. The van der Waals surface area contributed by atoms with E-state index in [1.165, 1.54) is 12.1 Å². The molecule has 2 aromatic rings. The number of nitrogens with zero attached hydrogens (tertiary/aromatic N) is 5. The number of carbonyl (C=O) groups excluding carboxylic acids is 2. The van der Waals surface area contributed by atoms with Crippen LogP contribution >= 0.6 is 11.6 Å². The second kappa shape index (κ2) is 9.85. The van der Waals surface area contributed by atoms with Gasteiger partial charge in [-0.05, 0) is 52.6 Å². The zero-order valence-corrected chi connectivity index (χ0v) is 23.0. The lowest BCUT2D eigenvalue weighted by Gasteiger charge is -2.41. The maximum absolute atomic E-state index is 15.0. The molecule has 10 heteroatoms. The average molecular weight is 542 g/mol. The Kier molecular flexibility index (Phi) is 6.86. The van der Waals surface area contributed by atoms with Gasteiger partial charge in [-0.1, -0.05) is 30.3 Å². The molecule has 3 aliphatic rings. The molecule has 2 fully saturated rings. The minimum Gasteiger partial charge on any atom is -0.489 e. The predicted molar refractivity (Wildman–Crippen MR) is 145 cm³/mol. The zero-order chi connectivity index (χ0) is 27.4. The van der Waals surface area contributed by atoms with Crippen LogP contribution in [-0.2, 0) is 4.79 Å². The van der Waals surface area contributed by atoms with Crippen LogP contribution < -0.4 is 9.64 Å². The molecule has 38 heavy (non-hydrogen) atoms. The van der Waals surface area contributed by atoms with E-state index < -0.39 is 5.82 Å². The summed E-state index contributed by atoms with van der Waals surface area (Å²) in [6.07, 6.45) is 2.15. The lowest BCUT2D eigenvalue weighted by molar-refractivity contribution is -0.128. The molecule has 3 aliphatic heterocycles. The first-order valence-corrected chi connectivity index (χ1v) is 13.2. The molecule has 8 nitrogen and oxygen atoms in total. The number of ether oxygens (including phenoxy) is 1. The van der Waals surface area contributed by atoms with Gasteiger partial charge in [0.05, 0.1) is 17.3 Å². The van der Waals surface area contributed by atoms with E-state index >= 15 is 0 Å². The largest absolute Gasteiger partial charge is 0.489 e. The van der Waals surface area contributed by atoms with Crippen LogP contribution in [-0.4, -0.2) is 96.0 Å². The third kappa shape index (κ3) is 4.22. The summed E-state index contributed by atoms with van der Waals surface area (Å²) in [7, 11) is 4.08. The average Bonchev–Trinajstić information content (AvgIpc) is 3.13. The van der Waals surface area contributed by atoms with Crippen LogP contribution in [0.25, 0.3) is 11.3 Å². The summed E-state index contributed by atoms with van der Waals surface area (Å²) in [5.74, 6) is -0.251. The van der Waals surface area contributed by atoms with Gasteiger partial charge in [0.25, 0.3) is 5.91 Å². The smallest absolute Gasteiger partial charge is 0.261 e. The molecule has 0 N–H and O–H groups in total. The fraction of sp³-hybridized carbons (Fsp3) is 0.464. The van der Waals surface area contributed by atoms with Gasteiger partial charge in [0.1, 0.15) is 28.8 Å². The lowest BCUT2D eigenvalue weighted by atomic mass is 9.94. The highest BCUT2D eigenvalue weighted by Gasteiger charge is 2.47. The predicted octanol–water partition coefficient (Wildman–Crippen LogP) is 3.69. The highest BCUT2D eigenvalue weighted by Crippen LogP contribution is 2.47. The van der Waals surface area contributed by atoms with Crippen molar-refractivity contribution < 1.29 is 18.7 Å². The summed E-state index contributed by atoms with van der Waals surface area (Å²) in [6.45, 7) is 9.70. The van der Waals surface area contributed by atoms with Crippen molar-refractivity contribution in [2.24, 2.45) is 0 Å². The minimum atomic E-state index is -0.462. The van der Waals surface area contributed by atoms with E-state index in [1.54, 1.807) is 28.0 Å². The van der Waals surface area contributed by atoms with E-state index in [9.17, 15) is 14.0 Å². The van der Waals surface area contributed by atoms with Crippen molar-refractivity contribution in [3.8, 4) is 17.0 Å². The van der Waals surface area contributed by atoms with Crippen LogP contribution in [0.5, 0.6) is 5.75 Å². The maximum atomic E-state index is 15.0. The highest BCUT2D eigenvalue weighted by molar-refractivity contribution is 6.35. The van der Waals surface area contributed by atoms with Gasteiger partial charge in [-0.3, -0.25) is 9.59 Å². The van der Waals surface area contributed by atoms with E-state index in [-0.39, 0.29) is 63.6 Å². The second-order valence-corrected chi connectivity index (χ2v) is 11.2. The number of piperazine rings is 1. The Morgan fingerprint density at radius 1 is 1.26 bits per heavy atom. The van der Waals surface area contributed by atoms with Crippen molar-refractivity contribution in [1.82, 2.24) is 19.7 Å². The molecule has 0 spiro atoms. The van der Waals surface area contributed by atoms with Gasteiger partial charge in [0.2, 0.25) is 5.91 Å². The fourth-order valence-electron chi connectivity index (χ4n) is 6.14. The Hall–Kier alpha value is -3.17. The van der Waals surface area contributed by atoms with E-state index in [0.29, 0.717) is 32.0 Å². The Bertz CT molecular complexity index is 1300. The molecule has 202 valence electrons. The van der Waals surface area contributed by atoms with Gasteiger partial charge < -0.3 is 24.3 Å². The first-order valence-electron chi connectivity index (χ1n) is 12.8. The van der Waals surface area contributed by atoms with Gasteiger partial charge in [-0.2, -0.15) is 0 Å². The van der Waals surface area contributed by atoms with Gasteiger partial charge >= 0.3 is 0 Å². The van der Waals surface area contributed by atoms with Crippen molar-refractivity contribution in [1.29, 1.82) is 0 Å². The van der Waals surface area contributed by atoms with Crippen LogP contribution in [0.3, 0.4) is 0 Å². The zero-order valence-electron chi connectivity index (χ0n) is 22.2. The van der Waals surface area contributed by atoms with Crippen molar-refractivity contribution in [3.05, 3.63) is 53.3 Å². The quantitative estimate of drug-likeness (QED) is 0.550. The van der Waals surface area contributed by atoms with Crippen molar-refractivity contribution in [3.63, 3.8) is 0 Å². The number of carbonyl (C=O) groups is 2. The van der Waals surface area contributed by atoms with E-state index in [2.05, 4.69) is 30.2 Å². The second-order valence-electron chi connectivity index (χ2n) is 10.8. The molecule has 0 bridgehead atoms. The Labute approximate surface area is 227 Å². The van der Waals surface area contributed by atoms with Crippen molar-refractivity contribution >= 4 is 29.2 Å². The summed E-state index contributed by atoms with van der Waals surface area (Å²) in [5, 5.41) is 0.0993. The third-order valence-corrected chi connectivity index (χ3v) is 8.44. The number of aromatic nitrogens is 1. The monoisotopic (exact) mass is 541 g/mol. The lowest BCUT2D eigenvalue weighted by Crippen LogP contribution is -2.57. The van der Waals surface area contributed by atoms with E-state index in [1.807, 2.05) is 14.1 Å². The summed E-state index contributed by atoms with van der Waals surface area (Å²) >= 11 is 6.87. The first-order chi connectivity index (χ1) is 18.1. The molecule has 0 radical (unpaired) electrons. The summed E-state index contributed by atoms with van der Waals surface area (Å²) in [4.78, 5) is 39.1. The maximum Gasteiger partial charge on any atom is 0.261 e. The molecule has 2 saturated heterocycles. The molecule has 1 aromatic heterocycles. The molecule has 4 heterocycles. The van der Waals surface area contributed by atoms with Gasteiger partial charge in [-0.25, -0.2) is 9.37 Å². The number of fused-ring (bicyclic) bond motifs is 2. The van der Waals surface area contributed by atoms with Crippen LogP contribution in [0.1, 0.15) is 30.6 Å². The van der Waals surface area contributed by atoms with Crippen molar-refractivity contribution in [2.45, 2.75) is 37.9 Å².